The summed E-state index contributed by atoms with van der Waals surface area (Å²) in [6.07, 6.45) is 0.932. The first-order valence-corrected chi connectivity index (χ1v) is 8.60. The second-order valence-corrected chi connectivity index (χ2v) is 6.62. The molecule has 0 atom stereocenters. The summed E-state index contributed by atoms with van der Waals surface area (Å²) < 4.78 is 3.09. The number of amides is 1. The molecular weight excluding hydrogens is 320 g/mol. The summed E-state index contributed by atoms with van der Waals surface area (Å²) in [7, 11) is 1.93. The molecule has 0 aliphatic heterocycles. The smallest absolute Gasteiger partial charge is 0.279 e. The van der Waals surface area contributed by atoms with Crippen LogP contribution in [0.2, 0.25) is 0 Å². The molecule has 0 unspecified atom stereocenters. The first-order chi connectivity index (χ1) is 11.5. The van der Waals surface area contributed by atoms with Gasteiger partial charge in [0, 0.05) is 18.2 Å². The minimum atomic E-state index is -0.301. The molecule has 2 aromatic carbocycles. The number of aromatic nitrogens is 1. The van der Waals surface area contributed by atoms with Crippen LogP contribution in [-0.2, 0) is 13.5 Å². The van der Waals surface area contributed by atoms with Gasteiger partial charge in [-0.05, 0) is 37.1 Å². The molecule has 1 amide bonds. The van der Waals surface area contributed by atoms with E-state index in [0.717, 1.165) is 16.6 Å². The summed E-state index contributed by atoms with van der Waals surface area (Å²) in [5, 5.41) is 0. The maximum Gasteiger partial charge on any atom is 0.279 e. The zero-order chi connectivity index (χ0) is 17.3. The Labute approximate surface area is 144 Å². The van der Waals surface area contributed by atoms with E-state index < -0.39 is 0 Å². The van der Waals surface area contributed by atoms with Crippen molar-refractivity contribution in [1.29, 1.82) is 0 Å². The quantitative estimate of drug-likeness (QED) is 0.683. The van der Waals surface area contributed by atoms with Crippen LogP contribution >= 0.6 is 11.3 Å². The number of ketones is 1. The summed E-state index contributed by atoms with van der Waals surface area (Å²) in [5.74, 6) is -0.320. The van der Waals surface area contributed by atoms with E-state index in [1.54, 1.807) is 24.3 Å². The molecule has 0 aliphatic carbocycles. The summed E-state index contributed by atoms with van der Waals surface area (Å²) in [5.41, 5.74) is 3.44. The van der Waals surface area contributed by atoms with Crippen molar-refractivity contribution in [2.24, 2.45) is 12.0 Å². The van der Waals surface area contributed by atoms with Gasteiger partial charge < -0.3 is 4.57 Å². The average molecular weight is 338 g/mol. The van der Waals surface area contributed by atoms with Crippen LogP contribution < -0.4 is 4.80 Å². The van der Waals surface area contributed by atoms with Crippen molar-refractivity contribution < 1.29 is 9.59 Å². The highest BCUT2D eigenvalue weighted by Gasteiger charge is 2.10. The van der Waals surface area contributed by atoms with Crippen molar-refractivity contribution in [3.05, 3.63) is 64.0 Å². The molecule has 24 heavy (non-hydrogen) atoms. The van der Waals surface area contributed by atoms with Gasteiger partial charge in [0.15, 0.2) is 10.6 Å². The third kappa shape index (κ3) is 2.95. The summed E-state index contributed by atoms with van der Waals surface area (Å²) in [6, 6.07) is 12.8. The van der Waals surface area contributed by atoms with Crippen LogP contribution in [0.1, 0.15) is 40.1 Å². The Morgan fingerprint density at radius 3 is 2.38 bits per heavy atom. The van der Waals surface area contributed by atoms with E-state index in [9.17, 15) is 9.59 Å². The monoisotopic (exact) mass is 338 g/mol. The third-order valence-electron chi connectivity index (χ3n) is 4.02. The lowest BCUT2D eigenvalue weighted by molar-refractivity contribution is 0.0991. The Hall–Kier alpha value is -2.53. The van der Waals surface area contributed by atoms with E-state index in [-0.39, 0.29) is 11.7 Å². The fourth-order valence-electron chi connectivity index (χ4n) is 2.68. The van der Waals surface area contributed by atoms with Gasteiger partial charge in [-0.1, -0.05) is 42.5 Å². The third-order valence-corrected chi connectivity index (χ3v) is 5.12. The first-order valence-electron chi connectivity index (χ1n) is 7.78. The second-order valence-electron chi connectivity index (χ2n) is 5.61. The second kappa shape index (κ2) is 6.53. The molecule has 5 heteroatoms. The molecule has 1 aromatic heterocycles. The minimum Gasteiger partial charge on any atom is -0.319 e. The maximum absolute atomic E-state index is 12.4. The van der Waals surface area contributed by atoms with Crippen molar-refractivity contribution in [2.75, 3.05) is 0 Å². The van der Waals surface area contributed by atoms with Crippen LogP contribution in [0.5, 0.6) is 0 Å². The Bertz CT molecular complexity index is 994. The molecule has 0 aliphatic rings. The predicted octanol–water partition coefficient (Wildman–Crippen LogP) is 3.75. The van der Waals surface area contributed by atoms with E-state index in [1.807, 2.05) is 23.7 Å². The summed E-state index contributed by atoms with van der Waals surface area (Å²) in [6.45, 7) is 3.62. The highest BCUT2D eigenvalue weighted by Crippen LogP contribution is 2.21. The van der Waals surface area contributed by atoms with E-state index in [4.69, 9.17) is 0 Å². The maximum atomic E-state index is 12.4. The number of thiazole rings is 1. The Morgan fingerprint density at radius 2 is 1.75 bits per heavy atom. The SMILES string of the molecule is CCc1cccc2sc(=NC(=O)c3ccc(C(C)=O)cc3)n(C)c12. The van der Waals surface area contributed by atoms with E-state index in [2.05, 4.69) is 18.0 Å². The molecule has 1 heterocycles. The van der Waals surface area contributed by atoms with Crippen molar-refractivity contribution in [1.82, 2.24) is 4.57 Å². The molecule has 3 rings (SSSR count). The standard InChI is InChI=1S/C19H18N2O2S/c1-4-13-6-5-7-16-17(13)21(3)19(24-16)20-18(23)15-10-8-14(9-11-15)12(2)22/h5-11H,4H2,1-3H3. The molecule has 3 aromatic rings. The van der Waals surface area contributed by atoms with Gasteiger partial charge in [-0.2, -0.15) is 4.99 Å². The molecule has 0 bridgehead atoms. The van der Waals surface area contributed by atoms with Crippen molar-refractivity contribution >= 4 is 33.2 Å². The van der Waals surface area contributed by atoms with Gasteiger partial charge in [-0.3, -0.25) is 9.59 Å². The van der Waals surface area contributed by atoms with Gasteiger partial charge in [0.2, 0.25) is 0 Å². The zero-order valence-electron chi connectivity index (χ0n) is 13.9. The number of aryl methyl sites for hydroxylation is 2. The topological polar surface area (TPSA) is 51.4 Å². The molecule has 0 saturated carbocycles. The number of hydrogen-bond donors (Lipinski definition) is 0. The molecule has 0 radical (unpaired) electrons. The summed E-state index contributed by atoms with van der Waals surface area (Å²) in [4.78, 5) is 28.7. The summed E-state index contributed by atoms with van der Waals surface area (Å²) >= 11 is 1.51. The van der Waals surface area contributed by atoms with Gasteiger partial charge in [-0.15, -0.1) is 0 Å². The number of fused-ring (bicyclic) bond motifs is 1. The van der Waals surface area contributed by atoms with Gasteiger partial charge in [0.05, 0.1) is 10.2 Å². The molecular formula is C19H18N2O2S. The molecule has 4 nitrogen and oxygen atoms in total. The Kier molecular flexibility index (Phi) is 4.44. The lowest BCUT2D eigenvalue weighted by atomic mass is 10.1. The molecule has 0 N–H and O–H groups in total. The number of hydrogen-bond acceptors (Lipinski definition) is 3. The van der Waals surface area contributed by atoms with Crippen molar-refractivity contribution in [2.45, 2.75) is 20.3 Å². The Morgan fingerprint density at radius 1 is 1.08 bits per heavy atom. The highest BCUT2D eigenvalue weighted by atomic mass is 32.1. The Balaban J connectivity index is 2.05. The van der Waals surface area contributed by atoms with E-state index in [1.165, 1.54) is 23.8 Å². The average Bonchev–Trinajstić information content (AvgIpc) is 2.91. The number of rotatable bonds is 3. The fraction of sp³-hybridized carbons (Fsp3) is 0.211. The van der Waals surface area contributed by atoms with Crippen molar-refractivity contribution in [3.8, 4) is 0 Å². The molecule has 0 saturated heterocycles. The molecule has 0 spiro atoms. The molecule has 0 fully saturated rings. The lowest BCUT2D eigenvalue weighted by Crippen LogP contribution is -2.14. The number of carbonyl (C=O) groups excluding carboxylic acids is 2. The van der Waals surface area contributed by atoms with Gasteiger partial charge in [0.25, 0.3) is 5.91 Å². The van der Waals surface area contributed by atoms with Crippen molar-refractivity contribution in [3.63, 3.8) is 0 Å². The van der Waals surface area contributed by atoms with Crippen LogP contribution in [0.3, 0.4) is 0 Å². The number of nitrogens with zero attached hydrogens (tertiary/aromatic N) is 2. The number of carbonyl (C=O) groups is 2. The minimum absolute atomic E-state index is 0.0195. The highest BCUT2D eigenvalue weighted by molar-refractivity contribution is 7.16. The van der Waals surface area contributed by atoms with Gasteiger partial charge in [-0.25, -0.2) is 0 Å². The number of benzene rings is 2. The first kappa shape index (κ1) is 16.3. The van der Waals surface area contributed by atoms with Gasteiger partial charge >= 0.3 is 0 Å². The lowest BCUT2D eigenvalue weighted by Gasteiger charge is -2.02. The molecule has 122 valence electrons. The van der Waals surface area contributed by atoms with E-state index in [0.29, 0.717) is 15.9 Å². The van der Waals surface area contributed by atoms with Crippen LogP contribution in [0.25, 0.3) is 10.2 Å². The number of para-hydroxylation sites is 1. The van der Waals surface area contributed by atoms with E-state index >= 15 is 0 Å². The predicted molar refractivity (Wildman–Crippen MR) is 96.5 cm³/mol. The van der Waals surface area contributed by atoms with Crippen LogP contribution in [0.4, 0.5) is 0 Å². The van der Waals surface area contributed by atoms with Gasteiger partial charge in [0.1, 0.15) is 0 Å². The van der Waals surface area contributed by atoms with Crippen LogP contribution in [-0.4, -0.2) is 16.3 Å². The zero-order valence-corrected chi connectivity index (χ0v) is 14.7. The van der Waals surface area contributed by atoms with Crippen LogP contribution in [0.15, 0.2) is 47.5 Å². The normalized spacial score (nSPS) is 11.9. The van der Waals surface area contributed by atoms with Crippen LogP contribution in [0, 0.1) is 0 Å². The number of Topliss-reactive ketones (excluding diaryl/α,β-unsaturated/α-hetero) is 1. The fourth-order valence-corrected chi connectivity index (χ4v) is 3.74. The largest absolute Gasteiger partial charge is 0.319 e.